The fourth-order valence-corrected chi connectivity index (χ4v) is 1.04. The van der Waals surface area contributed by atoms with Gasteiger partial charge in [0.1, 0.15) is 6.33 Å². The van der Waals surface area contributed by atoms with E-state index in [2.05, 4.69) is 9.97 Å². The van der Waals surface area contributed by atoms with E-state index in [9.17, 15) is 5.11 Å². The first-order chi connectivity index (χ1) is 5.75. The van der Waals surface area contributed by atoms with Crippen molar-refractivity contribution in [2.24, 2.45) is 5.73 Å². The molecule has 0 spiro atoms. The maximum atomic E-state index is 9.54. The van der Waals surface area contributed by atoms with E-state index in [0.717, 1.165) is 11.3 Å². The number of nitrogens with zero attached hydrogens (tertiary/aromatic N) is 2. The highest BCUT2D eigenvalue weighted by Crippen LogP contribution is 2.16. The molecule has 0 bridgehead atoms. The van der Waals surface area contributed by atoms with Gasteiger partial charge in [-0.1, -0.05) is 0 Å². The molecule has 0 aliphatic heterocycles. The Kier molecular flexibility index (Phi) is 3.13. The number of aryl methyl sites for hydroxylation is 1. The maximum absolute atomic E-state index is 9.54. The van der Waals surface area contributed by atoms with Gasteiger partial charge in [-0.15, -0.1) is 0 Å². The molecule has 0 fully saturated rings. The highest BCUT2D eigenvalue weighted by atomic mass is 16.3. The van der Waals surface area contributed by atoms with E-state index < -0.39 is 6.10 Å². The van der Waals surface area contributed by atoms with Crippen molar-refractivity contribution in [1.82, 2.24) is 9.97 Å². The summed E-state index contributed by atoms with van der Waals surface area (Å²) in [7, 11) is 0. The van der Waals surface area contributed by atoms with Crippen molar-refractivity contribution in [3.05, 3.63) is 23.8 Å². The summed E-state index contributed by atoms with van der Waals surface area (Å²) in [5.74, 6) is 0. The standard InChI is InChI=1S/C8H13N3O/c1-6-7(4-10-5-11-6)8(12)2-3-9/h4-5,8,12H,2-3,9H2,1H3. The van der Waals surface area contributed by atoms with Crippen LogP contribution in [0.1, 0.15) is 23.8 Å². The molecule has 0 aliphatic carbocycles. The lowest BCUT2D eigenvalue weighted by Crippen LogP contribution is -2.08. The molecule has 12 heavy (non-hydrogen) atoms. The molecule has 1 aromatic rings. The molecule has 0 radical (unpaired) electrons. The van der Waals surface area contributed by atoms with Crippen molar-refractivity contribution in [2.75, 3.05) is 6.54 Å². The molecule has 1 heterocycles. The smallest absolute Gasteiger partial charge is 0.115 e. The minimum Gasteiger partial charge on any atom is -0.388 e. The summed E-state index contributed by atoms with van der Waals surface area (Å²) in [4.78, 5) is 7.81. The largest absolute Gasteiger partial charge is 0.388 e. The molecule has 4 heteroatoms. The molecule has 0 saturated heterocycles. The monoisotopic (exact) mass is 167 g/mol. The summed E-state index contributed by atoms with van der Waals surface area (Å²) in [5, 5.41) is 9.54. The Balaban J connectivity index is 2.79. The fraction of sp³-hybridized carbons (Fsp3) is 0.500. The normalized spacial score (nSPS) is 12.9. The summed E-state index contributed by atoms with van der Waals surface area (Å²) < 4.78 is 0. The third-order valence-electron chi connectivity index (χ3n) is 1.75. The van der Waals surface area contributed by atoms with Gasteiger partial charge in [0.2, 0.25) is 0 Å². The third kappa shape index (κ3) is 1.99. The Morgan fingerprint density at radius 2 is 2.42 bits per heavy atom. The number of aliphatic hydroxyl groups is 1. The van der Waals surface area contributed by atoms with Gasteiger partial charge < -0.3 is 10.8 Å². The molecular formula is C8H13N3O. The summed E-state index contributed by atoms with van der Waals surface area (Å²) in [6.45, 7) is 2.31. The van der Waals surface area contributed by atoms with Crippen LogP contribution < -0.4 is 5.73 Å². The summed E-state index contributed by atoms with van der Waals surface area (Å²) in [5.41, 5.74) is 6.89. The summed E-state index contributed by atoms with van der Waals surface area (Å²) in [6.07, 6.45) is 3.11. The van der Waals surface area contributed by atoms with Crippen molar-refractivity contribution < 1.29 is 5.11 Å². The first kappa shape index (κ1) is 9.09. The zero-order chi connectivity index (χ0) is 8.97. The molecular weight excluding hydrogens is 154 g/mol. The first-order valence-corrected chi connectivity index (χ1v) is 3.90. The molecule has 1 aromatic heterocycles. The minimum atomic E-state index is -0.531. The molecule has 4 nitrogen and oxygen atoms in total. The molecule has 66 valence electrons. The number of aliphatic hydroxyl groups excluding tert-OH is 1. The molecule has 3 N–H and O–H groups in total. The van der Waals surface area contributed by atoms with Crippen LogP contribution in [0.5, 0.6) is 0 Å². The average Bonchev–Trinajstić information content (AvgIpc) is 2.05. The molecule has 1 rings (SSSR count). The number of rotatable bonds is 3. The number of aromatic nitrogens is 2. The Labute approximate surface area is 71.5 Å². The van der Waals surface area contributed by atoms with E-state index in [1.807, 2.05) is 6.92 Å². The number of hydrogen-bond donors (Lipinski definition) is 2. The predicted molar refractivity (Wildman–Crippen MR) is 45.4 cm³/mol. The predicted octanol–water partition coefficient (Wildman–Crippen LogP) is 0.167. The van der Waals surface area contributed by atoms with E-state index in [4.69, 9.17) is 5.73 Å². The van der Waals surface area contributed by atoms with Crippen molar-refractivity contribution >= 4 is 0 Å². The van der Waals surface area contributed by atoms with Crippen molar-refractivity contribution in [1.29, 1.82) is 0 Å². The van der Waals surface area contributed by atoms with Crippen LogP contribution in [0, 0.1) is 6.92 Å². The number of hydrogen-bond acceptors (Lipinski definition) is 4. The Bertz CT molecular complexity index is 252. The maximum Gasteiger partial charge on any atom is 0.115 e. The van der Waals surface area contributed by atoms with Gasteiger partial charge >= 0.3 is 0 Å². The van der Waals surface area contributed by atoms with Crippen LogP contribution in [0.4, 0.5) is 0 Å². The topological polar surface area (TPSA) is 72.0 Å². The average molecular weight is 167 g/mol. The van der Waals surface area contributed by atoms with E-state index in [1.165, 1.54) is 6.33 Å². The van der Waals surface area contributed by atoms with Gasteiger partial charge in [0, 0.05) is 17.5 Å². The summed E-state index contributed by atoms with van der Waals surface area (Å²) >= 11 is 0. The molecule has 1 atom stereocenters. The van der Waals surface area contributed by atoms with Crippen LogP contribution >= 0.6 is 0 Å². The Morgan fingerprint density at radius 3 is 3.00 bits per heavy atom. The highest BCUT2D eigenvalue weighted by molar-refractivity contribution is 5.16. The zero-order valence-electron chi connectivity index (χ0n) is 7.07. The van der Waals surface area contributed by atoms with Gasteiger partial charge in [-0.3, -0.25) is 0 Å². The zero-order valence-corrected chi connectivity index (χ0v) is 7.07. The van der Waals surface area contributed by atoms with Crippen LogP contribution in [0.2, 0.25) is 0 Å². The van der Waals surface area contributed by atoms with Gasteiger partial charge in [-0.25, -0.2) is 9.97 Å². The van der Waals surface area contributed by atoms with Crippen LogP contribution in [-0.2, 0) is 0 Å². The van der Waals surface area contributed by atoms with E-state index >= 15 is 0 Å². The Morgan fingerprint density at radius 1 is 1.67 bits per heavy atom. The second-order valence-corrected chi connectivity index (χ2v) is 2.66. The Hall–Kier alpha value is -1.00. The lowest BCUT2D eigenvalue weighted by atomic mass is 10.1. The van der Waals surface area contributed by atoms with Crippen molar-refractivity contribution in [3.63, 3.8) is 0 Å². The lowest BCUT2D eigenvalue weighted by Gasteiger charge is -2.10. The van der Waals surface area contributed by atoms with E-state index in [-0.39, 0.29) is 0 Å². The second kappa shape index (κ2) is 4.13. The van der Waals surface area contributed by atoms with Crippen LogP contribution in [0.25, 0.3) is 0 Å². The molecule has 0 saturated carbocycles. The fourth-order valence-electron chi connectivity index (χ4n) is 1.04. The van der Waals surface area contributed by atoms with Gasteiger partial charge in [-0.05, 0) is 19.9 Å². The lowest BCUT2D eigenvalue weighted by molar-refractivity contribution is 0.168. The van der Waals surface area contributed by atoms with Crippen LogP contribution in [0.3, 0.4) is 0 Å². The molecule has 0 aliphatic rings. The number of nitrogens with two attached hydrogens (primary N) is 1. The quantitative estimate of drug-likeness (QED) is 0.673. The minimum absolute atomic E-state index is 0.468. The van der Waals surface area contributed by atoms with E-state index in [0.29, 0.717) is 13.0 Å². The van der Waals surface area contributed by atoms with Gasteiger partial charge in [0.15, 0.2) is 0 Å². The van der Waals surface area contributed by atoms with Gasteiger partial charge in [-0.2, -0.15) is 0 Å². The van der Waals surface area contributed by atoms with Crippen LogP contribution in [0.15, 0.2) is 12.5 Å². The molecule has 1 unspecified atom stereocenters. The van der Waals surface area contributed by atoms with Gasteiger partial charge in [0.25, 0.3) is 0 Å². The van der Waals surface area contributed by atoms with Gasteiger partial charge in [0.05, 0.1) is 6.10 Å². The van der Waals surface area contributed by atoms with E-state index in [1.54, 1.807) is 6.20 Å². The summed E-state index contributed by atoms with van der Waals surface area (Å²) in [6, 6.07) is 0. The highest BCUT2D eigenvalue weighted by Gasteiger charge is 2.09. The SMILES string of the molecule is Cc1ncncc1C(O)CCN. The second-order valence-electron chi connectivity index (χ2n) is 2.66. The first-order valence-electron chi connectivity index (χ1n) is 3.90. The van der Waals surface area contributed by atoms with Crippen molar-refractivity contribution in [3.8, 4) is 0 Å². The third-order valence-corrected chi connectivity index (χ3v) is 1.75. The molecule has 0 aromatic carbocycles. The van der Waals surface area contributed by atoms with Crippen LogP contribution in [-0.4, -0.2) is 21.6 Å². The van der Waals surface area contributed by atoms with Crippen molar-refractivity contribution in [2.45, 2.75) is 19.4 Å². The molecule has 0 amide bonds.